The van der Waals surface area contributed by atoms with E-state index in [0.29, 0.717) is 22.3 Å². The second kappa shape index (κ2) is 8.66. The van der Waals surface area contributed by atoms with Crippen molar-refractivity contribution in [2.75, 3.05) is 11.9 Å². The van der Waals surface area contributed by atoms with Crippen LogP contribution in [0.25, 0.3) is 0 Å². The topological polar surface area (TPSA) is 74.0 Å². The summed E-state index contributed by atoms with van der Waals surface area (Å²) in [4.78, 5) is 18.9. The van der Waals surface area contributed by atoms with E-state index < -0.39 is 0 Å². The van der Waals surface area contributed by atoms with Crippen molar-refractivity contribution in [2.24, 2.45) is 0 Å². The molecule has 1 aliphatic rings. The van der Waals surface area contributed by atoms with Crippen LogP contribution in [0.5, 0.6) is 0 Å². The average molecular weight is 400 g/mol. The highest BCUT2D eigenvalue weighted by Gasteiger charge is 2.26. The molecule has 1 aromatic heterocycles. The van der Waals surface area contributed by atoms with Crippen LogP contribution in [0.2, 0.25) is 5.02 Å². The first-order valence-electron chi connectivity index (χ1n) is 9.66. The zero-order valence-electron chi connectivity index (χ0n) is 16.5. The molecule has 3 rings (SSSR count). The number of hydrogen-bond donors (Lipinski definition) is 1. The molecule has 1 saturated carbocycles. The second-order valence-corrected chi connectivity index (χ2v) is 8.07. The number of hydrogen-bond acceptors (Lipinski definition) is 4. The fourth-order valence-electron chi connectivity index (χ4n) is 3.63. The summed E-state index contributed by atoms with van der Waals surface area (Å²) in [7, 11) is 2.06. The van der Waals surface area contributed by atoms with Crippen molar-refractivity contribution in [1.29, 1.82) is 5.26 Å². The molecule has 28 heavy (non-hydrogen) atoms. The summed E-state index contributed by atoms with van der Waals surface area (Å²) in [6.45, 7) is 4.12. The van der Waals surface area contributed by atoms with Crippen molar-refractivity contribution in [1.82, 2.24) is 14.9 Å². The number of nitriles is 1. The number of amides is 1. The number of carbonyl (C=O) groups excluding carboxylic acids is 1. The predicted molar refractivity (Wildman–Crippen MR) is 111 cm³/mol. The lowest BCUT2D eigenvalue weighted by Gasteiger charge is -2.36. The van der Waals surface area contributed by atoms with Crippen LogP contribution in [0.4, 0.5) is 5.69 Å². The number of nitrogens with zero attached hydrogens (tertiary/aromatic N) is 4. The SMILES string of the molecule is CC(C)n1cnc(C(=O)N[C@H]2CC[C@H](N(C)c3ccc(C#N)c(Cl)c3)CC2)c1. The standard InChI is InChI=1S/C21H26ClN5O/c1-14(2)27-12-20(24-13-27)21(28)25-16-5-8-17(9-6-16)26(3)18-7-4-15(11-23)19(22)10-18/h4,7,10,12-14,16-17H,5-6,8-9H2,1-3H3,(H,25,28)/t16-,17-. The molecule has 0 unspecified atom stereocenters. The van der Waals surface area contributed by atoms with Gasteiger partial charge in [0.15, 0.2) is 0 Å². The molecule has 6 nitrogen and oxygen atoms in total. The molecule has 1 N–H and O–H groups in total. The van der Waals surface area contributed by atoms with Crippen molar-refractivity contribution in [3.63, 3.8) is 0 Å². The number of carbonyl (C=O) groups is 1. The van der Waals surface area contributed by atoms with Crippen LogP contribution in [0, 0.1) is 11.3 Å². The molecule has 0 bridgehead atoms. The van der Waals surface area contributed by atoms with Crippen LogP contribution in [-0.4, -0.2) is 34.6 Å². The summed E-state index contributed by atoms with van der Waals surface area (Å²) < 4.78 is 1.93. The minimum absolute atomic E-state index is 0.102. The Morgan fingerprint density at radius 1 is 1.36 bits per heavy atom. The summed E-state index contributed by atoms with van der Waals surface area (Å²) >= 11 is 6.17. The Balaban J connectivity index is 1.54. The van der Waals surface area contributed by atoms with Crippen LogP contribution >= 0.6 is 11.6 Å². The van der Waals surface area contributed by atoms with E-state index in [1.807, 2.05) is 16.7 Å². The smallest absolute Gasteiger partial charge is 0.271 e. The van der Waals surface area contributed by atoms with E-state index in [-0.39, 0.29) is 18.0 Å². The maximum atomic E-state index is 12.4. The van der Waals surface area contributed by atoms with Crippen molar-refractivity contribution in [3.05, 3.63) is 47.0 Å². The zero-order chi connectivity index (χ0) is 20.3. The maximum absolute atomic E-state index is 12.4. The van der Waals surface area contributed by atoms with Gasteiger partial charge < -0.3 is 14.8 Å². The van der Waals surface area contributed by atoms with Gasteiger partial charge in [0.25, 0.3) is 5.91 Å². The summed E-state index contributed by atoms with van der Waals surface area (Å²) in [5.41, 5.74) is 1.97. The van der Waals surface area contributed by atoms with Gasteiger partial charge in [-0.1, -0.05) is 11.6 Å². The number of nitrogens with one attached hydrogen (secondary N) is 1. The first-order valence-corrected chi connectivity index (χ1v) is 10.0. The van der Waals surface area contributed by atoms with Crippen LogP contribution < -0.4 is 10.2 Å². The van der Waals surface area contributed by atoms with Gasteiger partial charge in [0.05, 0.1) is 16.9 Å². The predicted octanol–water partition coefficient (Wildman–Crippen LogP) is 4.17. The van der Waals surface area contributed by atoms with E-state index >= 15 is 0 Å². The molecule has 148 valence electrons. The molecular weight excluding hydrogens is 374 g/mol. The van der Waals surface area contributed by atoms with Gasteiger partial charge in [0, 0.05) is 37.1 Å². The summed E-state index contributed by atoms with van der Waals surface area (Å²) in [6.07, 6.45) is 7.33. The Bertz CT molecular complexity index is 877. The highest BCUT2D eigenvalue weighted by Crippen LogP contribution is 2.29. The number of anilines is 1. The van der Waals surface area contributed by atoms with Crippen molar-refractivity contribution in [3.8, 4) is 6.07 Å². The fourth-order valence-corrected chi connectivity index (χ4v) is 3.85. The lowest BCUT2D eigenvalue weighted by molar-refractivity contribution is 0.0921. The van der Waals surface area contributed by atoms with Crippen LogP contribution in [-0.2, 0) is 0 Å². The second-order valence-electron chi connectivity index (χ2n) is 7.67. The third kappa shape index (κ3) is 4.48. The number of halogens is 1. The minimum atomic E-state index is -0.102. The van der Waals surface area contributed by atoms with Gasteiger partial charge in [-0.3, -0.25) is 4.79 Å². The number of benzene rings is 1. The molecule has 1 fully saturated rings. The number of aromatic nitrogens is 2. The molecule has 0 spiro atoms. The summed E-state index contributed by atoms with van der Waals surface area (Å²) in [5.74, 6) is -0.102. The third-order valence-electron chi connectivity index (χ3n) is 5.49. The van der Waals surface area contributed by atoms with Gasteiger partial charge in [-0.2, -0.15) is 5.26 Å². The van der Waals surface area contributed by atoms with E-state index in [4.69, 9.17) is 16.9 Å². The van der Waals surface area contributed by atoms with Crippen LogP contribution in [0.3, 0.4) is 0 Å². The third-order valence-corrected chi connectivity index (χ3v) is 5.80. The molecular formula is C21H26ClN5O. The summed E-state index contributed by atoms with van der Waals surface area (Å²) in [5, 5.41) is 12.6. The molecule has 1 aliphatic carbocycles. The molecule has 0 radical (unpaired) electrons. The van der Waals surface area contributed by atoms with Gasteiger partial charge in [-0.05, 0) is 57.7 Å². The highest BCUT2D eigenvalue weighted by atomic mass is 35.5. The molecule has 1 aromatic carbocycles. The molecule has 0 atom stereocenters. The lowest BCUT2D eigenvalue weighted by Crippen LogP contribution is -2.43. The van der Waals surface area contributed by atoms with Crippen molar-refractivity contribution < 1.29 is 4.79 Å². The Morgan fingerprint density at radius 3 is 2.64 bits per heavy atom. The van der Waals surface area contributed by atoms with Crippen LogP contribution in [0.1, 0.15) is 61.6 Å². The minimum Gasteiger partial charge on any atom is -0.372 e. The highest BCUT2D eigenvalue weighted by molar-refractivity contribution is 6.32. The van der Waals surface area contributed by atoms with Crippen molar-refractivity contribution in [2.45, 2.75) is 57.7 Å². The average Bonchev–Trinajstić information content (AvgIpc) is 3.19. The van der Waals surface area contributed by atoms with E-state index in [2.05, 4.69) is 42.2 Å². The van der Waals surface area contributed by atoms with Gasteiger partial charge in [-0.25, -0.2) is 4.98 Å². The molecule has 0 aliphatic heterocycles. The largest absolute Gasteiger partial charge is 0.372 e. The fraction of sp³-hybridized carbons (Fsp3) is 0.476. The van der Waals surface area contributed by atoms with Gasteiger partial charge in [0.1, 0.15) is 11.8 Å². The van der Waals surface area contributed by atoms with E-state index in [1.165, 1.54) is 0 Å². The van der Waals surface area contributed by atoms with Gasteiger partial charge in [-0.15, -0.1) is 0 Å². The first-order chi connectivity index (χ1) is 13.4. The zero-order valence-corrected chi connectivity index (χ0v) is 17.3. The Morgan fingerprint density at radius 2 is 2.07 bits per heavy atom. The normalized spacial score (nSPS) is 19.3. The Hall–Kier alpha value is -2.52. The van der Waals surface area contributed by atoms with Crippen molar-refractivity contribution >= 4 is 23.2 Å². The van der Waals surface area contributed by atoms with E-state index in [1.54, 1.807) is 18.6 Å². The monoisotopic (exact) mass is 399 g/mol. The van der Waals surface area contributed by atoms with Gasteiger partial charge >= 0.3 is 0 Å². The molecule has 1 heterocycles. The molecule has 0 saturated heterocycles. The first kappa shape index (κ1) is 20.2. The Kier molecular flexibility index (Phi) is 6.25. The molecule has 7 heteroatoms. The van der Waals surface area contributed by atoms with Gasteiger partial charge in [0.2, 0.25) is 0 Å². The van der Waals surface area contributed by atoms with Crippen LogP contribution in [0.15, 0.2) is 30.7 Å². The maximum Gasteiger partial charge on any atom is 0.271 e. The lowest BCUT2D eigenvalue weighted by atomic mass is 9.90. The molecule has 2 aromatic rings. The Labute approximate surface area is 171 Å². The van der Waals surface area contributed by atoms with E-state index in [0.717, 1.165) is 31.4 Å². The number of imidazole rings is 1. The summed E-state index contributed by atoms with van der Waals surface area (Å²) in [6, 6.07) is 8.48. The van der Waals surface area contributed by atoms with E-state index in [9.17, 15) is 4.79 Å². The quantitative estimate of drug-likeness (QED) is 0.818. The molecule has 1 amide bonds. The number of rotatable bonds is 5.